The summed E-state index contributed by atoms with van der Waals surface area (Å²) in [6.45, 7) is 1.84. The quantitative estimate of drug-likeness (QED) is 0.498. The van der Waals surface area contributed by atoms with E-state index >= 15 is 0 Å². The van der Waals surface area contributed by atoms with Crippen LogP contribution in [-0.2, 0) is 0 Å². The highest BCUT2D eigenvalue weighted by atomic mass is 35.5. The first kappa shape index (κ1) is 15.6. The van der Waals surface area contributed by atoms with Crippen LogP contribution in [0.2, 0.25) is 15.2 Å². The van der Waals surface area contributed by atoms with Crippen LogP contribution in [-0.4, -0.2) is 10.7 Å². The molecular formula is C14H9Cl3N4. The van der Waals surface area contributed by atoms with Crippen LogP contribution >= 0.6 is 34.8 Å². The highest BCUT2D eigenvalue weighted by Crippen LogP contribution is 2.34. The molecule has 0 spiro atoms. The van der Waals surface area contributed by atoms with Gasteiger partial charge in [0.05, 0.1) is 10.7 Å². The molecule has 2 aromatic rings. The molecule has 1 heterocycles. The Bertz CT molecular complexity index is 736. The van der Waals surface area contributed by atoms with E-state index in [2.05, 4.69) is 15.5 Å². The van der Waals surface area contributed by atoms with Crippen molar-refractivity contribution in [3.05, 3.63) is 56.7 Å². The SMILES string of the molecule is C/C(=N/Nc1nc(Cl)c(C#N)c(Cl)c1Cl)c1ccccc1. The van der Waals surface area contributed by atoms with Crippen LogP contribution < -0.4 is 5.43 Å². The lowest BCUT2D eigenvalue weighted by molar-refractivity contribution is 1.21. The predicted molar refractivity (Wildman–Crippen MR) is 86.3 cm³/mol. The summed E-state index contributed by atoms with van der Waals surface area (Å²) in [6.07, 6.45) is 0. The number of pyridine rings is 1. The van der Waals surface area contributed by atoms with E-state index in [1.54, 1.807) is 0 Å². The first-order valence-electron chi connectivity index (χ1n) is 5.85. The second-order valence-corrected chi connectivity index (χ2v) is 5.15. The number of aromatic nitrogens is 1. The minimum Gasteiger partial charge on any atom is -0.260 e. The van der Waals surface area contributed by atoms with Crippen molar-refractivity contribution in [1.82, 2.24) is 4.98 Å². The molecule has 0 saturated carbocycles. The maximum absolute atomic E-state index is 8.92. The van der Waals surface area contributed by atoms with Gasteiger partial charge in [-0.3, -0.25) is 5.43 Å². The molecule has 1 aromatic carbocycles. The van der Waals surface area contributed by atoms with Crippen LogP contribution in [0, 0.1) is 11.3 Å². The van der Waals surface area contributed by atoms with Crippen LogP contribution in [0.15, 0.2) is 35.4 Å². The molecule has 0 saturated heterocycles. The van der Waals surface area contributed by atoms with Gasteiger partial charge >= 0.3 is 0 Å². The number of rotatable bonds is 3. The standard InChI is InChI=1S/C14H9Cl3N4/c1-8(9-5-3-2-4-6-9)20-21-14-12(16)11(15)10(7-18)13(17)19-14/h2-6H,1H3,(H,19,21)/b20-8-. The van der Waals surface area contributed by atoms with Gasteiger partial charge in [0.25, 0.3) is 0 Å². The molecule has 0 aliphatic rings. The van der Waals surface area contributed by atoms with Crippen LogP contribution in [0.25, 0.3) is 0 Å². The average Bonchev–Trinajstić information content (AvgIpc) is 2.50. The number of anilines is 1. The fraction of sp³-hybridized carbons (Fsp3) is 0.0714. The number of nitriles is 1. The van der Waals surface area contributed by atoms with E-state index in [4.69, 9.17) is 40.1 Å². The molecule has 0 fully saturated rings. The lowest BCUT2D eigenvalue weighted by Gasteiger charge is -2.08. The third-order valence-electron chi connectivity index (χ3n) is 2.67. The van der Waals surface area contributed by atoms with E-state index in [0.29, 0.717) is 0 Å². The molecule has 106 valence electrons. The molecule has 1 aromatic heterocycles. The largest absolute Gasteiger partial charge is 0.260 e. The number of hydrazone groups is 1. The lowest BCUT2D eigenvalue weighted by Crippen LogP contribution is -2.02. The molecular weight excluding hydrogens is 331 g/mol. The third kappa shape index (κ3) is 3.45. The van der Waals surface area contributed by atoms with Crippen molar-refractivity contribution in [2.75, 3.05) is 5.43 Å². The Hall–Kier alpha value is -1.80. The average molecular weight is 340 g/mol. The van der Waals surface area contributed by atoms with Crippen molar-refractivity contribution in [3.63, 3.8) is 0 Å². The molecule has 2 rings (SSSR count). The summed E-state index contributed by atoms with van der Waals surface area (Å²) in [4.78, 5) is 3.98. The van der Waals surface area contributed by atoms with Crippen LogP contribution in [0.3, 0.4) is 0 Å². The minimum absolute atomic E-state index is 0.0260. The van der Waals surface area contributed by atoms with Gasteiger partial charge in [-0.25, -0.2) is 4.98 Å². The first-order valence-corrected chi connectivity index (χ1v) is 6.98. The van der Waals surface area contributed by atoms with Crippen molar-refractivity contribution in [1.29, 1.82) is 5.26 Å². The number of benzene rings is 1. The molecule has 7 heteroatoms. The van der Waals surface area contributed by atoms with Crippen molar-refractivity contribution in [2.24, 2.45) is 5.10 Å². The van der Waals surface area contributed by atoms with E-state index in [1.807, 2.05) is 43.3 Å². The summed E-state index contributed by atoms with van der Waals surface area (Å²) in [5, 5.41) is 13.2. The zero-order valence-electron chi connectivity index (χ0n) is 10.9. The molecule has 0 bridgehead atoms. The van der Waals surface area contributed by atoms with Crippen molar-refractivity contribution in [2.45, 2.75) is 6.92 Å². The maximum atomic E-state index is 8.92. The Labute approximate surface area is 137 Å². The van der Waals surface area contributed by atoms with Crippen molar-refractivity contribution < 1.29 is 0 Å². The molecule has 1 N–H and O–H groups in total. The van der Waals surface area contributed by atoms with E-state index in [0.717, 1.165) is 11.3 Å². The second-order valence-electron chi connectivity index (χ2n) is 4.04. The van der Waals surface area contributed by atoms with Gasteiger partial charge < -0.3 is 0 Å². The molecule has 0 amide bonds. The Morgan fingerprint density at radius 1 is 1.19 bits per heavy atom. The van der Waals surface area contributed by atoms with Crippen molar-refractivity contribution >= 4 is 46.3 Å². The third-order valence-corrected chi connectivity index (χ3v) is 3.79. The Kier molecular flexibility index (Phi) is 5.03. The summed E-state index contributed by atoms with van der Waals surface area (Å²) in [7, 11) is 0. The number of halogens is 3. The van der Waals surface area contributed by atoms with Crippen LogP contribution in [0.5, 0.6) is 0 Å². The summed E-state index contributed by atoms with van der Waals surface area (Å²) < 4.78 is 0. The zero-order valence-corrected chi connectivity index (χ0v) is 13.1. The zero-order chi connectivity index (χ0) is 15.4. The second kappa shape index (κ2) is 6.77. The summed E-state index contributed by atoms with van der Waals surface area (Å²) in [6, 6.07) is 11.4. The lowest BCUT2D eigenvalue weighted by atomic mass is 10.1. The van der Waals surface area contributed by atoms with Gasteiger partial charge in [-0.15, -0.1) is 0 Å². The molecule has 21 heavy (non-hydrogen) atoms. The normalized spacial score (nSPS) is 11.1. The van der Waals surface area contributed by atoms with Gasteiger partial charge in [0.1, 0.15) is 16.7 Å². The van der Waals surface area contributed by atoms with Gasteiger partial charge in [-0.05, 0) is 12.5 Å². The Morgan fingerprint density at radius 3 is 2.48 bits per heavy atom. The topological polar surface area (TPSA) is 61.1 Å². The van der Waals surface area contributed by atoms with E-state index < -0.39 is 0 Å². The number of nitrogens with zero attached hydrogens (tertiary/aromatic N) is 3. The fourth-order valence-corrected chi connectivity index (χ4v) is 2.23. The smallest absolute Gasteiger partial charge is 0.168 e. The number of hydrogen-bond donors (Lipinski definition) is 1. The van der Waals surface area contributed by atoms with Crippen LogP contribution in [0.1, 0.15) is 18.1 Å². The molecule has 4 nitrogen and oxygen atoms in total. The summed E-state index contributed by atoms with van der Waals surface area (Å²) in [5.74, 6) is 0.195. The summed E-state index contributed by atoms with van der Waals surface area (Å²) >= 11 is 17.9. The van der Waals surface area contributed by atoms with Gasteiger partial charge in [-0.2, -0.15) is 10.4 Å². The van der Waals surface area contributed by atoms with Gasteiger partial charge in [-0.1, -0.05) is 65.1 Å². The highest BCUT2D eigenvalue weighted by molar-refractivity contribution is 6.45. The first-order chi connectivity index (χ1) is 10.0. The monoisotopic (exact) mass is 338 g/mol. The Morgan fingerprint density at radius 2 is 1.86 bits per heavy atom. The molecule has 0 aliphatic carbocycles. The van der Waals surface area contributed by atoms with Gasteiger partial charge in [0, 0.05) is 0 Å². The molecule has 0 radical (unpaired) electrons. The highest BCUT2D eigenvalue weighted by Gasteiger charge is 2.16. The Balaban J connectivity index is 2.31. The number of hydrogen-bond acceptors (Lipinski definition) is 4. The summed E-state index contributed by atoms with van der Waals surface area (Å²) in [5.41, 5.74) is 4.44. The van der Waals surface area contributed by atoms with E-state index in [9.17, 15) is 0 Å². The van der Waals surface area contributed by atoms with Crippen molar-refractivity contribution in [3.8, 4) is 6.07 Å². The fourth-order valence-electron chi connectivity index (χ4n) is 1.56. The number of nitrogens with one attached hydrogen (secondary N) is 1. The van der Waals surface area contributed by atoms with Crippen LogP contribution in [0.4, 0.5) is 5.82 Å². The van der Waals surface area contributed by atoms with E-state index in [-0.39, 0.29) is 26.6 Å². The molecule has 0 unspecified atom stereocenters. The predicted octanol–water partition coefficient (Wildman–Crippen LogP) is 4.75. The minimum atomic E-state index is -0.0260. The molecule has 0 aliphatic heterocycles. The van der Waals surface area contributed by atoms with Gasteiger partial charge in [0.15, 0.2) is 11.0 Å². The molecule has 0 atom stereocenters. The van der Waals surface area contributed by atoms with E-state index in [1.165, 1.54) is 0 Å². The van der Waals surface area contributed by atoms with Gasteiger partial charge in [0.2, 0.25) is 0 Å². The maximum Gasteiger partial charge on any atom is 0.168 e.